The number of nitrogens with zero attached hydrogens (tertiary/aromatic N) is 5. The molecule has 0 saturated carbocycles. The minimum absolute atomic E-state index is 0.0397. The van der Waals surface area contributed by atoms with Crippen LogP contribution in [-0.2, 0) is 13.0 Å². The molecule has 1 aromatic carbocycles. The smallest absolute Gasteiger partial charge is 0.263 e. The van der Waals surface area contributed by atoms with Gasteiger partial charge in [-0.05, 0) is 37.7 Å². The molecule has 0 bridgehead atoms. The number of benzene rings is 1. The number of nitrogens with one attached hydrogen (secondary N) is 2. The number of anilines is 1. The van der Waals surface area contributed by atoms with E-state index in [2.05, 4.69) is 35.5 Å². The number of ether oxygens (including phenoxy) is 1. The zero-order valence-electron chi connectivity index (χ0n) is 18.0. The number of hydrogen-bond donors (Lipinski definition) is 2. The molecule has 33 heavy (non-hydrogen) atoms. The first-order valence-electron chi connectivity index (χ1n) is 10.6. The molecule has 2 aliphatic heterocycles. The van der Waals surface area contributed by atoms with Crippen molar-refractivity contribution in [2.24, 2.45) is 0 Å². The Hall–Kier alpha value is -3.08. The second-order valence-corrected chi connectivity index (χ2v) is 9.78. The van der Waals surface area contributed by atoms with Crippen molar-refractivity contribution in [1.29, 1.82) is 0 Å². The molecule has 0 radical (unpaired) electrons. The van der Waals surface area contributed by atoms with E-state index < -0.39 is 0 Å². The number of carbonyl (C=O) groups excluding carboxylic acids is 1. The van der Waals surface area contributed by atoms with E-state index in [1.165, 1.54) is 11.3 Å². The minimum Gasteiger partial charge on any atom is -0.418 e. The maximum Gasteiger partial charge on any atom is 0.263 e. The van der Waals surface area contributed by atoms with Crippen molar-refractivity contribution in [3.05, 3.63) is 39.7 Å². The summed E-state index contributed by atoms with van der Waals surface area (Å²) in [5.41, 5.74) is 4.02. The Morgan fingerprint density at radius 1 is 1.27 bits per heavy atom. The van der Waals surface area contributed by atoms with Gasteiger partial charge in [0.15, 0.2) is 0 Å². The van der Waals surface area contributed by atoms with Crippen LogP contribution in [0, 0.1) is 0 Å². The molecule has 2 N–H and O–H groups in total. The lowest BCUT2D eigenvalue weighted by Gasteiger charge is -2.25. The summed E-state index contributed by atoms with van der Waals surface area (Å²) >= 11 is 7.60. The second kappa shape index (κ2) is 7.75. The number of hydrogen-bond acceptors (Lipinski definition) is 9. The summed E-state index contributed by atoms with van der Waals surface area (Å²) in [6, 6.07) is 3.90. The molecule has 1 atom stereocenters. The van der Waals surface area contributed by atoms with E-state index in [9.17, 15) is 4.79 Å². The van der Waals surface area contributed by atoms with Crippen molar-refractivity contribution in [3.8, 4) is 11.8 Å². The quantitative estimate of drug-likeness (QED) is 0.418. The molecule has 0 fully saturated rings. The van der Waals surface area contributed by atoms with Crippen LogP contribution in [0.3, 0.4) is 0 Å². The van der Waals surface area contributed by atoms with Gasteiger partial charge in [0.2, 0.25) is 17.0 Å². The third-order valence-corrected chi connectivity index (χ3v) is 7.22. The molecule has 5 heterocycles. The van der Waals surface area contributed by atoms with E-state index in [0.29, 0.717) is 35.2 Å². The number of likely N-dealkylation sites (N-methyl/N-ethyl adjacent to an activating group) is 1. The molecule has 9 nitrogen and oxygen atoms in total. The van der Waals surface area contributed by atoms with Gasteiger partial charge in [0.25, 0.3) is 5.91 Å². The van der Waals surface area contributed by atoms with Crippen LogP contribution in [0.2, 0.25) is 5.28 Å². The van der Waals surface area contributed by atoms with Gasteiger partial charge in [-0.15, -0.1) is 11.3 Å². The van der Waals surface area contributed by atoms with Crippen LogP contribution in [0.1, 0.15) is 27.9 Å². The van der Waals surface area contributed by atoms with Crippen LogP contribution in [0.25, 0.3) is 21.1 Å². The van der Waals surface area contributed by atoms with Crippen molar-refractivity contribution in [2.75, 3.05) is 25.5 Å². The zero-order valence-corrected chi connectivity index (χ0v) is 19.5. The summed E-state index contributed by atoms with van der Waals surface area (Å²) in [5.74, 6) is 0.663. The average molecular weight is 482 g/mol. The molecule has 4 aromatic rings. The minimum atomic E-state index is -0.0693. The summed E-state index contributed by atoms with van der Waals surface area (Å²) in [5, 5.41) is 7.47. The monoisotopic (exact) mass is 481 g/mol. The number of amides is 1. The van der Waals surface area contributed by atoms with Gasteiger partial charge in [0.1, 0.15) is 4.88 Å². The topological polar surface area (TPSA) is 105 Å². The lowest BCUT2D eigenvalue weighted by atomic mass is 10.1. The second-order valence-electron chi connectivity index (χ2n) is 8.39. The van der Waals surface area contributed by atoms with Gasteiger partial charge in [-0.3, -0.25) is 4.79 Å². The molecule has 6 rings (SSSR count). The SMILES string of the molecule is CC1CNc2c(sc3ccc4nc(Oc5nc(Cl)nc6c5CN(C)CC6)cnc4c23)C(=O)N1. The predicted octanol–water partition coefficient (Wildman–Crippen LogP) is 3.61. The van der Waals surface area contributed by atoms with Gasteiger partial charge in [0, 0.05) is 42.2 Å². The van der Waals surface area contributed by atoms with Gasteiger partial charge in [-0.2, -0.15) is 4.98 Å². The molecule has 2 aliphatic rings. The first kappa shape index (κ1) is 20.5. The summed E-state index contributed by atoms with van der Waals surface area (Å²) in [4.78, 5) is 33.5. The lowest BCUT2D eigenvalue weighted by Crippen LogP contribution is -2.34. The Labute approximate surface area is 198 Å². The maximum absolute atomic E-state index is 12.6. The molecule has 0 aliphatic carbocycles. The van der Waals surface area contributed by atoms with Gasteiger partial charge >= 0.3 is 0 Å². The van der Waals surface area contributed by atoms with E-state index in [1.807, 2.05) is 26.1 Å². The summed E-state index contributed by atoms with van der Waals surface area (Å²) in [6.45, 7) is 4.20. The molecule has 3 aromatic heterocycles. The summed E-state index contributed by atoms with van der Waals surface area (Å²) in [6.07, 6.45) is 2.37. The summed E-state index contributed by atoms with van der Waals surface area (Å²) < 4.78 is 7.04. The van der Waals surface area contributed by atoms with E-state index in [1.54, 1.807) is 6.20 Å². The van der Waals surface area contributed by atoms with Crippen LogP contribution in [0.5, 0.6) is 11.8 Å². The third-order valence-electron chi connectivity index (χ3n) is 5.90. The van der Waals surface area contributed by atoms with Crippen LogP contribution in [0.15, 0.2) is 18.3 Å². The van der Waals surface area contributed by atoms with Gasteiger partial charge in [-0.1, -0.05) is 0 Å². The molecular formula is C22H20ClN7O2S. The van der Waals surface area contributed by atoms with Crippen LogP contribution in [-0.4, -0.2) is 56.9 Å². The molecule has 0 spiro atoms. The number of fused-ring (bicyclic) bond motifs is 6. The van der Waals surface area contributed by atoms with Crippen LogP contribution < -0.4 is 15.4 Å². The Bertz CT molecular complexity index is 1440. The van der Waals surface area contributed by atoms with Crippen molar-refractivity contribution in [2.45, 2.75) is 25.9 Å². The van der Waals surface area contributed by atoms with E-state index in [0.717, 1.165) is 45.5 Å². The average Bonchev–Trinajstić information content (AvgIpc) is 3.10. The van der Waals surface area contributed by atoms with E-state index >= 15 is 0 Å². The molecule has 1 amide bonds. The fourth-order valence-corrected chi connectivity index (χ4v) is 5.56. The Balaban J connectivity index is 1.43. The Kier molecular flexibility index (Phi) is 4.82. The normalized spacial score (nSPS) is 18.4. The van der Waals surface area contributed by atoms with Crippen LogP contribution in [0.4, 0.5) is 5.69 Å². The van der Waals surface area contributed by atoms with Crippen molar-refractivity contribution in [3.63, 3.8) is 0 Å². The zero-order chi connectivity index (χ0) is 22.7. The highest BCUT2D eigenvalue weighted by Gasteiger charge is 2.26. The van der Waals surface area contributed by atoms with Crippen LogP contribution >= 0.6 is 22.9 Å². The highest BCUT2D eigenvalue weighted by Crippen LogP contribution is 2.40. The highest BCUT2D eigenvalue weighted by atomic mass is 35.5. The van der Waals surface area contributed by atoms with Gasteiger partial charge < -0.3 is 20.3 Å². The Morgan fingerprint density at radius 2 is 2.15 bits per heavy atom. The number of carbonyl (C=O) groups is 1. The first-order valence-corrected chi connectivity index (χ1v) is 11.8. The molecule has 1 unspecified atom stereocenters. The van der Waals surface area contributed by atoms with E-state index in [4.69, 9.17) is 16.3 Å². The number of rotatable bonds is 2. The standard InChI is InChI=1S/C22H20ClN7O2S/c1-10-7-24-18-16-14(33-19(18)20(31)26-10)4-3-13-17(16)25-8-15(27-13)32-21-11-9-30(2)6-5-12(11)28-22(23)29-21/h3-4,8,10,24H,5-7,9H2,1-2H3,(H,26,31). The fourth-order valence-electron chi connectivity index (χ4n) is 4.30. The maximum atomic E-state index is 12.6. The largest absolute Gasteiger partial charge is 0.418 e. The lowest BCUT2D eigenvalue weighted by molar-refractivity contribution is 0.0949. The predicted molar refractivity (Wildman–Crippen MR) is 127 cm³/mol. The number of thiophene rings is 1. The van der Waals surface area contributed by atoms with Crippen molar-refractivity contribution in [1.82, 2.24) is 30.2 Å². The number of aromatic nitrogens is 4. The van der Waals surface area contributed by atoms with E-state index in [-0.39, 0.29) is 17.2 Å². The molecule has 0 saturated heterocycles. The fraction of sp³-hybridized carbons (Fsp3) is 0.318. The third kappa shape index (κ3) is 3.54. The Morgan fingerprint density at radius 3 is 3.03 bits per heavy atom. The molecular weight excluding hydrogens is 462 g/mol. The highest BCUT2D eigenvalue weighted by molar-refractivity contribution is 7.21. The number of halogens is 1. The molecule has 11 heteroatoms. The van der Waals surface area contributed by atoms with Crippen molar-refractivity contribution < 1.29 is 9.53 Å². The molecule has 168 valence electrons. The van der Waals surface area contributed by atoms with Crippen molar-refractivity contribution >= 4 is 55.7 Å². The first-order chi connectivity index (χ1) is 16.0. The van der Waals surface area contributed by atoms with Gasteiger partial charge in [0.05, 0.1) is 34.2 Å². The summed E-state index contributed by atoms with van der Waals surface area (Å²) in [7, 11) is 2.04. The van der Waals surface area contributed by atoms with Gasteiger partial charge in [-0.25, -0.2) is 15.0 Å².